The minimum atomic E-state index is 0.579. The number of aryl methyl sites for hydroxylation is 2. The fourth-order valence-corrected chi connectivity index (χ4v) is 2.55. The van der Waals surface area contributed by atoms with Crippen LogP contribution in [-0.2, 0) is 6.61 Å². The van der Waals surface area contributed by atoms with Gasteiger partial charge >= 0.3 is 0 Å². The Morgan fingerprint density at radius 3 is 2.89 bits per heavy atom. The third-order valence-electron chi connectivity index (χ3n) is 2.78. The van der Waals surface area contributed by atoms with E-state index >= 15 is 0 Å². The van der Waals surface area contributed by atoms with Crippen molar-refractivity contribution in [2.45, 2.75) is 33.8 Å². The Balaban J connectivity index is 1.92. The Bertz CT molecular complexity index is 537. The van der Waals surface area contributed by atoms with E-state index in [0.29, 0.717) is 6.61 Å². The number of hydrogen-bond donors (Lipinski definition) is 1. The Morgan fingerprint density at radius 2 is 2.16 bits per heavy atom. The van der Waals surface area contributed by atoms with Gasteiger partial charge in [-0.05, 0) is 31.9 Å². The molecule has 1 heterocycles. The van der Waals surface area contributed by atoms with E-state index in [4.69, 9.17) is 4.74 Å². The highest BCUT2D eigenvalue weighted by atomic mass is 32.1. The predicted molar refractivity (Wildman–Crippen MR) is 81.1 cm³/mol. The molecule has 1 aromatic carbocycles. The normalized spacial score (nSPS) is 10.5. The van der Waals surface area contributed by atoms with Crippen LogP contribution in [-0.4, -0.2) is 11.5 Å². The van der Waals surface area contributed by atoms with Gasteiger partial charge in [-0.3, -0.25) is 0 Å². The first-order valence-electron chi connectivity index (χ1n) is 6.57. The van der Waals surface area contributed by atoms with Gasteiger partial charge < -0.3 is 10.1 Å². The predicted octanol–water partition coefficient (Wildman–Crippen LogP) is 4.16. The van der Waals surface area contributed by atoms with Gasteiger partial charge in [-0.1, -0.05) is 36.0 Å². The first-order chi connectivity index (χ1) is 9.19. The first-order valence-corrected chi connectivity index (χ1v) is 7.39. The van der Waals surface area contributed by atoms with Crippen molar-refractivity contribution in [3.63, 3.8) is 0 Å². The fraction of sp³-hybridized carbons (Fsp3) is 0.400. The lowest BCUT2D eigenvalue weighted by Gasteiger charge is -2.08. The zero-order chi connectivity index (χ0) is 13.7. The number of thiazole rings is 1. The topological polar surface area (TPSA) is 34.2 Å². The second-order valence-electron chi connectivity index (χ2n) is 4.62. The maximum Gasteiger partial charge on any atom is 0.182 e. The third-order valence-corrected chi connectivity index (χ3v) is 3.71. The lowest BCUT2D eigenvalue weighted by atomic mass is 10.1. The molecule has 2 rings (SSSR count). The molecule has 0 saturated carbocycles. The molecular weight excluding hydrogens is 256 g/mol. The summed E-state index contributed by atoms with van der Waals surface area (Å²) in [4.78, 5) is 5.47. The Morgan fingerprint density at radius 1 is 1.32 bits per heavy atom. The van der Waals surface area contributed by atoms with Crippen molar-refractivity contribution in [3.8, 4) is 5.75 Å². The van der Waals surface area contributed by atoms with Crippen LogP contribution in [0.2, 0.25) is 0 Å². The van der Waals surface area contributed by atoms with Crippen LogP contribution in [0.5, 0.6) is 5.75 Å². The largest absolute Gasteiger partial charge is 0.488 e. The van der Waals surface area contributed by atoms with Gasteiger partial charge in [0.15, 0.2) is 5.13 Å². The van der Waals surface area contributed by atoms with Gasteiger partial charge in [-0.15, -0.1) is 0 Å². The van der Waals surface area contributed by atoms with Crippen LogP contribution >= 0.6 is 11.3 Å². The molecule has 0 amide bonds. The van der Waals surface area contributed by atoms with Crippen molar-refractivity contribution in [1.82, 2.24) is 4.98 Å². The first kappa shape index (κ1) is 13.9. The van der Waals surface area contributed by atoms with Crippen LogP contribution in [0.4, 0.5) is 5.13 Å². The number of benzene rings is 1. The average Bonchev–Trinajstić information content (AvgIpc) is 2.83. The summed E-state index contributed by atoms with van der Waals surface area (Å²) in [5.74, 6) is 0.946. The van der Waals surface area contributed by atoms with Gasteiger partial charge in [-0.2, -0.15) is 0 Å². The molecule has 19 heavy (non-hydrogen) atoms. The lowest BCUT2D eigenvalue weighted by molar-refractivity contribution is 0.307. The summed E-state index contributed by atoms with van der Waals surface area (Å²) in [6, 6.07) is 6.24. The molecule has 0 aliphatic carbocycles. The number of nitrogens with zero attached hydrogens (tertiary/aromatic N) is 1. The van der Waals surface area contributed by atoms with Crippen molar-refractivity contribution in [3.05, 3.63) is 40.4 Å². The number of rotatable bonds is 6. The molecule has 0 aliphatic rings. The average molecular weight is 276 g/mol. The number of anilines is 1. The Hall–Kier alpha value is -1.55. The Labute approximate surface area is 118 Å². The molecule has 102 valence electrons. The van der Waals surface area contributed by atoms with Crippen LogP contribution in [0.3, 0.4) is 0 Å². The van der Waals surface area contributed by atoms with Crippen LogP contribution in [0.1, 0.15) is 29.3 Å². The second-order valence-corrected chi connectivity index (χ2v) is 5.73. The molecule has 0 radical (unpaired) electrons. The molecule has 0 fully saturated rings. The maximum atomic E-state index is 5.84. The highest BCUT2D eigenvalue weighted by molar-refractivity contribution is 7.15. The quantitative estimate of drug-likeness (QED) is 0.860. The zero-order valence-electron chi connectivity index (χ0n) is 11.7. The molecule has 1 aromatic heterocycles. The third kappa shape index (κ3) is 3.96. The second kappa shape index (κ2) is 6.57. The highest BCUT2D eigenvalue weighted by Gasteiger charge is 2.04. The lowest BCUT2D eigenvalue weighted by Crippen LogP contribution is -1.98. The molecule has 0 saturated heterocycles. The van der Waals surface area contributed by atoms with Crippen LogP contribution in [0, 0.1) is 13.8 Å². The van der Waals surface area contributed by atoms with Crippen LogP contribution < -0.4 is 10.1 Å². The van der Waals surface area contributed by atoms with Gasteiger partial charge in [0.25, 0.3) is 0 Å². The number of aromatic nitrogens is 1. The van der Waals surface area contributed by atoms with E-state index < -0.39 is 0 Å². The Kier molecular flexibility index (Phi) is 4.80. The summed E-state index contributed by atoms with van der Waals surface area (Å²) in [6.45, 7) is 7.85. The minimum absolute atomic E-state index is 0.579. The number of ether oxygens (including phenoxy) is 1. The number of hydrogen-bond acceptors (Lipinski definition) is 4. The summed E-state index contributed by atoms with van der Waals surface area (Å²) in [5, 5.41) is 4.26. The van der Waals surface area contributed by atoms with Crippen LogP contribution in [0.15, 0.2) is 24.4 Å². The number of nitrogens with one attached hydrogen (secondary N) is 1. The molecule has 4 heteroatoms. The highest BCUT2D eigenvalue weighted by Crippen LogP contribution is 2.23. The van der Waals surface area contributed by atoms with E-state index in [-0.39, 0.29) is 0 Å². The molecule has 0 bridgehead atoms. The molecular formula is C15H20N2OS. The van der Waals surface area contributed by atoms with Crippen molar-refractivity contribution in [1.29, 1.82) is 0 Å². The molecule has 1 N–H and O–H groups in total. The maximum absolute atomic E-state index is 5.84. The summed E-state index contributed by atoms with van der Waals surface area (Å²) in [6.07, 6.45) is 2.99. The summed E-state index contributed by atoms with van der Waals surface area (Å²) in [7, 11) is 0. The molecule has 0 atom stereocenters. The van der Waals surface area contributed by atoms with Gasteiger partial charge in [0, 0.05) is 12.7 Å². The standard InChI is InChI=1S/C15H20N2OS/c1-4-7-16-15-17-9-13(19-15)10-18-14-6-5-11(2)8-12(14)3/h5-6,8-9H,4,7,10H2,1-3H3,(H,16,17). The summed E-state index contributed by atoms with van der Waals surface area (Å²) in [5.41, 5.74) is 2.43. The molecule has 0 unspecified atom stereocenters. The van der Waals surface area contributed by atoms with Crippen molar-refractivity contribution in [2.24, 2.45) is 0 Å². The van der Waals surface area contributed by atoms with E-state index in [1.807, 2.05) is 12.3 Å². The fourth-order valence-electron chi connectivity index (χ4n) is 1.80. The van der Waals surface area contributed by atoms with Crippen LogP contribution in [0.25, 0.3) is 0 Å². The monoisotopic (exact) mass is 276 g/mol. The van der Waals surface area contributed by atoms with E-state index in [1.165, 1.54) is 11.1 Å². The molecule has 2 aromatic rings. The van der Waals surface area contributed by atoms with E-state index in [9.17, 15) is 0 Å². The smallest absolute Gasteiger partial charge is 0.182 e. The molecule has 0 aliphatic heterocycles. The summed E-state index contributed by atoms with van der Waals surface area (Å²) < 4.78 is 5.84. The van der Waals surface area contributed by atoms with Crippen molar-refractivity contribution in [2.75, 3.05) is 11.9 Å². The van der Waals surface area contributed by atoms with E-state index in [2.05, 4.69) is 43.2 Å². The van der Waals surface area contributed by atoms with Crippen molar-refractivity contribution < 1.29 is 4.74 Å². The van der Waals surface area contributed by atoms with Gasteiger partial charge in [-0.25, -0.2) is 4.98 Å². The zero-order valence-corrected chi connectivity index (χ0v) is 12.5. The molecule has 3 nitrogen and oxygen atoms in total. The minimum Gasteiger partial charge on any atom is -0.488 e. The summed E-state index contributed by atoms with van der Waals surface area (Å²) >= 11 is 1.65. The van der Waals surface area contributed by atoms with Gasteiger partial charge in [0.05, 0.1) is 4.88 Å². The molecule has 0 spiro atoms. The SMILES string of the molecule is CCCNc1ncc(COc2ccc(C)cc2C)s1. The van der Waals surface area contributed by atoms with Crippen molar-refractivity contribution >= 4 is 16.5 Å². The van der Waals surface area contributed by atoms with Gasteiger partial charge in [0.1, 0.15) is 12.4 Å². The van der Waals surface area contributed by atoms with E-state index in [1.54, 1.807) is 11.3 Å². The van der Waals surface area contributed by atoms with Gasteiger partial charge in [0.2, 0.25) is 0 Å². The van der Waals surface area contributed by atoms with E-state index in [0.717, 1.165) is 28.7 Å².